The molecule has 3 saturated heterocycles. The lowest BCUT2D eigenvalue weighted by Crippen LogP contribution is -2.57. The Balaban J connectivity index is 1.74. The van der Waals surface area contributed by atoms with Gasteiger partial charge in [0, 0.05) is 29.0 Å². The van der Waals surface area contributed by atoms with Gasteiger partial charge < -0.3 is 19.6 Å². The lowest BCUT2D eigenvalue weighted by atomic mass is 9.66. The van der Waals surface area contributed by atoms with E-state index < -0.39 is 28.6 Å². The van der Waals surface area contributed by atoms with E-state index in [1.165, 1.54) is 4.90 Å². The van der Waals surface area contributed by atoms with Crippen LogP contribution < -0.4 is 4.90 Å². The number of likely N-dealkylation sites (tertiary alicyclic amines) is 1. The van der Waals surface area contributed by atoms with Crippen LogP contribution in [0, 0.1) is 17.8 Å². The van der Waals surface area contributed by atoms with E-state index in [9.17, 15) is 19.5 Å². The summed E-state index contributed by atoms with van der Waals surface area (Å²) < 4.78 is 4.72. The van der Waals surface area contributed by atoms with Gasteiger partial charge in [0.1, 0.15) is 6.04 Å². The number of benzene rings is 1. The molecule has 0 radical (unpaired) electrons. The summed E-state index contributed by atoms with van der Waals surface area (Å²) in [6.45, 7) is 9.71. The summed E-state index contributed by atoms with van der Waals surface area (Å²) in [5.41, 5.74) is 0.640. The fourth-order valence-electron chi connectivity index (χ4n) is 5.97. The van der Waals surface area contributed by atoms with Crippen LogP contribution in [-0.4, -0.2) is 70.1 Å². The molecule has 7 nitrogen and oxygen atoms in total. The topological polar surface area (TPSA) is 87.1 Å². The van der Waals surface area contributed by atoms with Gasteiger partial charge in [-0.15, -0.1) is 24.9 Å². The summed E-state index contributed by atoms with van der Waals surface area (Å²) in [5, 5.41) is 10.2. The summed E-state index contributed by atoms with van der Waals surface area (Å²) in [5.74, 6) is -2.17. The van der Waals surface area contributed by atoms with Crippen LogP contribution in [-0.2, 0) is 19.1 Å². The van der Waals surface area contributed by atoms with E-state index in [0.29, 0.717) is 17.1 Å². The van der Waals surface area contributed by atoms with E-state index in [2.05, 4.69) is 20.1 Å². The number of ether oxygens (including phenoxy) is 1. The van der Waals surface area contributed by atoms with Gasteiger partial charge in [-0.05, 0) is 43.0 Å². The summed E-state index contributed by atoms with van der Waals surface area (Å²) in [6, 6.07) is 6.11. The molecule has 6 atom stereocenters. The minimum atomic E-state index is -0.821. The standard InChI is InChI=1S/C26H31ClN2O5S/c1-4-6-14-34-25(33)20-19-15-16(3)26(35-19)21(20)23(31)29(12-13-30)22(26)24(32)28(11-5-2)18-9-7-17(27)8-10-18/h4-5,7-10,16,19-22,30H,1-2,6,11-15H2,3H3/t16?,19-,20+,21+,22?,26?/m1/s1. The zero-order chi connectivity index (χ0) is 25.3. The van der Waals surface area contributed by atoms with Gasteiger partial charge in [0.2, 0.25) is 5.91 Å². The number of thioether (sulfide) groups is 1. The minimum absolute atomic E-state index is 0.0201. The van der Waals surface area contributed by atoms with Crippen molar-refractivity contribution in [1.29, 1.82) is 0 Å². The quantitative estimate of drug-likeness (QED) is 0.290. The van der Waals surface area contributed by atoms with Crippen LogP contribution in [0.25, 0.3) is 0 Å². The van der Waals surface area contributed by atoms with Crippen LogP contribution in [0.15, 0.2) is 49.6 Å². The highest BCUT2D eigenvalue weighted by atomic mass is 35.5. The smallest absolute Gasteiger partial charge is 0.310 e. The predicted molar refractivity (Wildman–Crippen MR) is 137 cm³/mol. The molecular weight excluding hydrogens is 488 g/mol. The lowest BCUT2D eigenvalue weighted by molar-refractivity contribution is -0.154. The van der Waals surface area contributed by atoms with Crippen LogP contribution in [0.3, 0.4) is 0 Å². The Kier molecular flexibility index (Phi) is 7.64. The predicted octanol–water partition coefficient (Wildman–Crippen LogP) is 3.31. The second-order valence-corrected chi connectivity index (χ2v) is 11.3. The summed E-state index contributed by atoms with van der Waals surface area (Å²) in [7, 11) is 0. The third-order valence-corrected chi connectivity index (χ3v) is 9.70. The van der Waals surface area contributed by atoms with Crippen molar-refractivity contribution in [2.75, 3.05) is 31.2 Å². The molecule has 0 aromatic heterocycles. The maximum Gasteiger partial charge on any atom is 0.310 e. The monoisotopic (exact) mass is 518 g/mol. The van der Waals surface area contributed by atoms with Crippen LogP contribution in [0.1, 0.15) is 19.8 Å². The SMILES string of the molecule is C=CCCOC(=O)[C@@H]1[C@H]2C(=O)N(CCO)C(C(=O)N(CC=C)c3ccc(Cl)cc3)C23S[C@@H]1CC3C. The van der Waals surface area contributed by atoms with E-state index in [1.54, 1.807) is 53.1 Å². The first kappa shape index (κ1) is 25.8. The van der Waals surface area contributed by atoms with E-state index in [4.69, 9.17) is 16.3 Å². The van der Waals surface area contributed by atoms with Crippen LogP contribution in [0.4, 0.5) is 5.69 Å². The number of β-amino-alcohol motifs (C(OH)–C–C–N with tert-alkyl or cyclic N) is 1. The number of amides is 2. The van der Waals surface area contributed by atoms with Gasteiger partial charge in [-0.3, -0.25) is 14.4 Å². The normalized spacial score (nSPS) is 30.8. The van der Waals surface area contributed by atoms with Crippen molar-refractivity contribution >= 4 is 46.8 Å². The van der Waals surface area contributed by atoms with Crippen molar-refractivity contribution in [3.8, 4) is 0 Å². The largest absolute Gasteiger partial charge is 0.465 e. The first-order valence-corrected chi connectivity index (χ1v) is 13.1. The molecule has 3 unspecified atom stereocenters. The highest BCUT2D eigenvalue weighted by molar-refractivity contribution is 8.02. The number of nitrogens with zero attached hydrogens (tertiary/aromatic N) is 2. The first-order chi connectivity index (χ1) is 16.8. The van der Waals surface area contributed by atoms with Crippen molar-refractivity contribution in [2.24, 2.45) is 17.8 Å². The van der Waals surface area contributed by atoms with E-state index >= 15 is 0 Å². The first-order valence-electron chi connectivity index (χ1n) is 11.9. The zero-order valence-electron chi connectivity index (χ0n) is 19.8. The maximum absolute atomic E-state index is 14.2. The zero-order valence-corrected chi connectivity index (χ0v) is 21.3. The van der Waals surface area contributed by atoms with Crippen molar-refractivity contribution < 1.29 is 24.2 Å². The maximum atomic E-state index is 14.2. The third kappa shape index (κ3) is 4.19. The molecule has 1 aromatic carbocycles. The van der Waals surface area contributed by atoms with Crippen LogP contribution in [0.5, 0.6) is 0 Å². The number of aliphatic hydroxyl groups excluding tert-OH is 1. The Morgan fingerprint density at radius 2 is 2.03 bits per heavy atom. The summed E-state index contributed by atoms with van der Waals surface area (Å²) in [6.07, 6.45) is 4.56. The number of aliphatic hydroxyl groups is 1. The average molecular weight is 519 g/mol. The average Bonchev–Trinajstić information content (AvgIpc) is 3.42. The molecular formula is C26H31ClN2O5S. The van der Waals surface area contributed by atoms with Crippen molar-refractivity contribution in [1.82, 2.24) is 4.90 Å². The number of rotatable bonds is 10. The Bertz CT molecular complexity index is 1020. The van der Waals surface area contributed by atoms with Gasteiger partial charge in [0.15, 0.2) is 0 Å². The number of carbonyl (C=O) groups is 3. The highest BCUT2D eigenvalue weighted by Crippen LogP contribution is 2.68. The summed E-state index contributed by atoms with van der Waals surface area (Å²) >= 11 is 7.64. The Labute approximate surface area is 215 Å². The van der Waals surface area contributed by atoms with Gasteiger partial charge in [-0.2, -0.15) is 0 Å². The fourth-order valence-corrected chi connectivity index (χ4v) is 8.50. The lowest BCUT2D eigenvalue weighted by Gasteiger charge is -2.40. The molecule has 188 valence electrons. The molecule has 4 rings (SSSR count). The number of esters is 1. The number of hydrogen-bond donors (Lipinski definition) is 1. The Hall–Kier alpha value is -2.29. The van der Waals surface area contributed by atoms with E-state index in [1.807, 2.05) is 0 Å². The minimum Gasteiger partial charge on any atom is -0.465 e. The van der Waals surface area contributed by atoms with Crippen molar-refractivity contribution in [2.45, 2.75) is 35.8 Å². The molecule has 3 aliphatic rings. The molecule has 9 heteroatoms. The summed E-state index contributed by atoms with van der Waals surface area (Å²) in [4.78, 5) is 44.2. The molecule has 0 aliphatic carbocycles. The Morgan fingerprint density at radius 3 is 2.66 bits per heavy atom. The second-order valence-electron chi connectivity index (χ2n) is 9.27. The highest BCUT2D eigenvalue weighted by Gasteiger charge is 2.76. The van der Waals surface area contributed by atoms with Gasteiger partial charge in [0.05, 0.1) is 29.8 Å². The van der Waals surface area contributed by atoms with Gasteiger partial charge in [-0.1, -0.05) is 30.7 Å². The second kappa shape index (κ2) is 10.4. The number of halogens is 1. The van der Waals surface area contributed by atoms with Gasteiger partial charge >= 0.3 is 5.97 Å². The molecule has 3 aliphatic heterocycles. The van der Waals surface area contributed by atoms with Crippen molar-refractivity contribution in [3.05, 3.63) is 54.6 Å². The Morgan fingerprint density at radius 1 is 1.31 bits per heavy atom. The molecule has 0 saturated carbocycles. The van der Waals surface area contributed by atoms with Crippen LogP contribution in [0.2, 0.25) is 5.02 Å². The third-order valence-electron chi connectivity index (χ3n) is 7.37. The molecule has 2 amide bonds. The van der Waals surface area contributed by atoms with E-state index in [0.717, 1.165) is 6.42 Å². The molecule has 1 spiro atoms. The number of fused-ring (bicyclic) bond motifs is 1. The molecule has 3 heterocycles. The number of carbonyl (C=O) groups excluding carboxylic acids is 3. The molecule has 35 heavy (non-hydrogen) atoms. The fraction of sp³-hybridized carbons (Fsp3) is 0.500. The van der Waals surface area contributed by atoms with Gasteiger partial charge in [0.25, 0.3) is 5.91 Å². The number of hydrogen-bond acceptors (Lipinski definition) is 6. The molecule has 1 N–H and O–H groups in total. The van der Waals surface area contributed by atoms with Crippen LogP contribution >= 0.6 is 23.4 Å². The number of anilines is 1. The molecule has 2 bridgehead atoms. The van der Waals surface area contributed by atoms with Gasteiger partial charge in [-0.25, -0.2) is 0 Å². The van der Waals surface area contributed by atoms with E-state index in [-0.39, 0.29) is 49.3 Å². The molecule has 3 fully saturated rings. The molecule has 1 aromatic rings. The van der Waals surface area contributed by atoms with Crippen molar-refractivity contribution in [3.63, 3.8) is 0 Å².